The average molecular weight is 565 g/mol. The Kier molecular flexibility index (Phi) is 8.18. The fourth-order valence-corrected chi connectivity index (χ4v) is 4.01. The van der Waals surface area contributed by atoms with Crippen LogP contribution in [0.1, 0.15) is 31.8 Å². The lowest BCUT2D eigenvalue weighted by atomic mass is 10.0. The number of carbonyl (C=O) groups excluding carboxylic acids is 2. The van der Waals surface area contributed by atoms with Crippen molar-refractivity contribution in [2.45, 2.75) is 6.42 Å². The zero-order chi connectivity index (χ0) is 28.1. The largest absolute Gasteiger partial charge is 0.322 e. The van der Waals surface area contributed by atoms with E-state index >= 15 is 0 Å². The highest BCUT2D eigenvalue weighted by Gasteiger charge is 2.17. The Morgan fingerprint density at radius 3 is 1.31 bits per heavy atom. The van der Waals surface area contributed by atoms with Crippen LogP contribution in [0.15, 0.2) is 84.9 Å². The van der Waals surface area contributed by atoms with Crippen LogP contribution in [0.4, 0.5) is 22.7 Å². The van der Waals surface area contributed by atoms with Gasteiger partial charge in [0.1, 0.15) is 10.0 Å². The summed E-state index contributed by atoms with van der Waals surface area (Å²) in [6, 6.07) is 21.9. The van der Waals surface area contributed by atoms with Crippen LogP contribution in [-0.2, 0) is 6.42 Å². The van der Waals surface area contributed by atoms with Gasteiger partial charge < -0.3 is 10.6 Å². The quantitative estimate of drug-likeness (QED) is 0.176. The van der Waals surface area contributed by atoms with Gasteiger partial charge >= 0.3 is 0 Å². The predicted octanol–water partition coefficient (Wildman–Crippen LogP) is 6.91. The molecule has 10 nitrogen and oxygen atoms in total. The van der Waals surface area contributed by atoms with E-state index in [1.54, 1.807) is 24.3 Å². The summed E-state index contributed by atoms with van der Waals surface area (Å²) in [4.78, 5) is 45.8. The van der Waals surface area contributed by atoms with Crippen molar-refractivity contribution in [2.24, 2.45) is 0 Å². The molecule has 196 valence electrons. The summed E-state index contributed by atoms with van der Waals surface area (Å²) < 4.78 is 0. The van der Waals surface area contributed by atoms with E-state index in [-0.39, 0.29) is 32.5 Å². The van der Waals surface area contributed by atoms with Crippen molar-refractivity contribution in [1.29, 1.82) is 0 Å². The first-order valence-corrected chi connectivity index (χ1v) is 12.0. The first-order chi connectivity index (χ1) is 18.6. The summed E-state index contributed by atoms with van der Waals surface area (Å²) in [7, 11) is 0. The number of nitro groups is 2. The van der Waals surface area contributed by atoms with Crippen LogP contribution < -0.4 is 10.6 Å². The van der Waals surface area contributed by atoms with Crippen molar-refractivity contribution in [1.82, 2.24) is 0 Å². The van der Waals surface area contributed by atoms with Crippen molar-refractivity contribution in [3.8, 4) is 0 Å². The Morgan fingerprint density at radius 2 is 0.974 bits per heavy atom. The van der Waals surface area contributed by atoms with Crippen molar-refractivity contribution in [3.05, 3.63) is 137 Å². The van der Waals surface area contributed by atoms with E-state index in [0.29, 0.717) is 17.8 Å². The van der Waals surface area contributed by atoms with Gasteiger partial charge in [-0.2, -0.15) is 0 Å². The number of amides is 2. The van der Waals surface area contributed by atoms with Gasteiger partial charge in [-0.1, -0.05) is 47.5 Å². The molecular weight excluding hydrogens is 547 g/mol. The summed E-state index contributed by atoms with van der Waals surface area (Å²) >= 11 is 11.6. The number of carbonyl (C=O) groups is 2. The molecule has 0 bridgehead atoms. The van der Waals surface area contributed by atoms with Gasteiger partial charge in [0.25, 0.3) is 23.2 Å². The fourth-order valence-electron chi connectivity index (χ4n) is 3.64. The number of nitro benzene ring substituents is 2. The van der Waals surface area contributed by atoms with Gasteiger partial charge in [0.15, 0.2) is 0 Å². The Balaban J connectivity index is 1.36. The molecule has 4 aromatic rings. The zero-order valence-corrected chi connectivity index (χ0v) is 21.4. The minimum absolute atomic E-state index is 0.0517. The maximum absolute atomic E-state index is 12.5. The molecule has 0 unspecified atom stereocenters. The molecule has 0 aliphatic heterocycles. The van der Waals surface area contributed by atoms with Crippen LogP contribution in [0.2, 0.25) is 10.0 Å². The number of anilines is 2. The molecule has 0 atom stereocenters. The standard InChI is InChI=1S/C27H18Cl2N4O6/c28-22-11-5-18(14-24(22)32(36)37)26(34)30-20-7-1-16(2-8-20)13-17-3-9-21(10-4-17)31-27(35)19-6-12-23(29)25(15-19)33(38)39/h1-12,14-15H,13H2,(H,30,34)(H,31,35). The third-order valence-corrected chi connectivity index (χ3v) is 6.28. The number of halogens is 2. The molecule has 0 aliphatic rings. The van der Waals surface area contributed by atoms with Crippen LogP contribution in [0.5, 0.6) is 0 Å². The highest BCUT2D eigenvalue weighted by molar-refractivity contribution is 6.33. The van der Waals surface area contributed by atoms with Gasteiger partial charge in [0.05, 0.1) is 9.85 Å². The number of nitrogens with one attached hydrogen (secondary N) is 2. The Morgan fingerprint density at radius 1 is 0.615 bits per heavy atom. The monoisotopic (exact) mass is 564 g/mol. The Labute approximate surface area is 231 Å². The number of hydrogen-bond donors (Lipinski definition) is 2. The van der Waals surface area contributed by atoms with E-state index in [2.05, 4.69) is 10.6 Å². The van der Waals surface area contributed by atoms with Crippen LogP contribution in [0.25, 0.3) is 0 Å². The predicted molar refractivity (Wildman–Crippen MR) is 148 cm³/mol. The lowest BCUT2D eigenvalue weighted by Crippen LogP contribution is -2.12. The first-order valence-electron chi connectivity index (χ1n) is 11.3. The molecule has 4 aromatic carbocycles. The SMILES string of the molecule is O=C(Nc1ccc(Cc2ccc(NC(=O)c3ccc(Cl)c([N+](=O)[O-])c3)cc2)cc1)c1ccc(Cl)c([N+](=O)[O-])c1. The van der Waals surface area contributed by atoms with Gasteiger partial charge in [0, 0.05) is 34.6 Å². The number of benzene rings is 4. The molecule has 39 heavy (non-hydrogen) atoms. The number of nitrogens with zero attached hydrogens (tertiary/aromatic N) is 2. The van der Waals surface area contributed by atoms with Crippen molar-refractivity contribution < 1.29 is 19.4 Å². The van der Waals surface area contributed by atoms with Crippen LogP contribution in [0, 0.1) is 20.2 Å². The molecule has 4 rings (SSSR count). The fraction of sp³-hybridized carbons (Fsp3) is 0.0370. The second kappa shape index (κ2) is 11.7. The van der Waals surface area contributed by atoms with Crippen LogP contribution >= 0.6 is 23.2 Å². The van der Waals surface area contributed by atoms with E-state index < -0.39 is 21.7 Å². The van der Waals surface area contributed by atoms with Crippen molar-refractivity contribution in [2.75, 3.05) is 10.6 Å². The molecule has 2 amide bonds. The van der Waals surface area contributed by atoms with Crippen molar-refractivity contribution >= 4 is 57.8 Å². The van der Waals surface area contributed by atoms with Gasteiger partial charge in [-0.05, 0) is 66.1 Å². The summed E-state index contributed by atoms with van der Waals surface area (Å²) in [6.45, 7) is 0. The maximum Gasteiger partial charge on any atom is 0.288 e. The van der Waals surface area contributed by atoms with Gasteiger partial charge in [-0.3, -0.25) is 29.8 Å². The van der Waals surface area contributed by atoms with Crippen LogP contribution in [-0.4, -0.2) is 21.7 Å². The van der Waals surface area contributed by atoms with Crippen LogP contribution in [0.3, 0.4) is 0 Å². The lowest BCUT2D eigenvalue weighted by Gasteiger charge is -2.09. The Hall–Kier alpha value is -4.80. The second-order valence-corrected chi connectivity index (χ2v) is 9.14. The normalized spacial score (nSPS) is 10.5. The van der Waals surface area contributed by atoms with Gasteiger partial charge in [-0.15, -0.1) is 0 Å². The van der Waals surface area contributed by atoms with E-state index in [1.807, 2.05) is 24.3 Å². The first kappa shape index (κ1) is 27.2. The number of rotatable bonds is 8. The lowest BCUT2D eigenvalue weighted by molar-refractivity contribution is -0.384. The molecule has 0 saturated carbocycles. The smallest absolute Gasteiger partial charge is 0.288 e. The summed E-state index contributed by atoms with van der Waals surface area (Å²) in [5.74, 6) is -1.01. The van der Waals surface area contributed by atoms with E-state index in [4.69, 9.17) is 23.2 Å². The topological polar surface area (TPSA) is 144 Å². The zero-order valence-electron chi connectivity index (χ0n) is 19.9. The molecule has 0 saturated heterocycles. The molecular formula is C27H18Cl2N4O6. The van der Waals surface area contributed by atoms with Crippen molar-refractivity contribution in [3.63, 3.8) is 0 Å². The minimum Gasteiger partial charge on any atom is -0.322 e. The van der Waals surface area contributed by atoms with E-state index in [1.165, 1.54) is 24.3 Å². The Bertz CT molecular complexity index is 1470. The maximum atomic E-state index is 12.5. The molecule has 0 aliphatic carbocycles. The molecule has 0 heterocycles. The molecule has 0 aromatic heterocycles. The van der Waals surface area contributed by atoms with Gasteiger partial charge in [-0.25, -0.2) is 0 Å². The minimum atomic E-state index is -0.651. The molecule has 0 spiro atoms. The second-order valence-electron chi connectivity index (χ2n) is 8.33. The summed E-state index contributed by atoms with van der Waals surface area (Å²) in [6.07, 6.45) is 0.579. The molecule has 2 N–H and O–H groups in total. The molecule has 0 fully saturated rings. The van der Waals surface area contributed by atoms with E-state index in [9.17, 15) is 29.8 Å². The number of hydrogen-bond acceptors (Lipinski definition) is 6. The molecule has 12 heteroatoms. The third-order valence-electron chi connectivity index (χ3n) is 5.64. The third kappa shape index (κ3) is 6.75. The summed E-state index contributed by atoms with van der Waals surface area (Å²) in [5, 5.41) is 27.4. The van der Waals surface area contributed by atoms with E-state index in [0.717, 1.165) is 23.3 Å². The summed E-state index contributed by atoms with van der Waals surface area (Å²) in [5.41, 5.74) is 2.47. The highest BCUT2D eigenvalue weighted by atomic mass is 35.5. The highest BCUT2D eigenvalue weighted by Crippen LogP contribution is 2.27. The molecule has 0 radical (unpaired) electrons. The average Bonchev–Trinajstić information content (AvgIpc) is 2.91. The van der Waals surface area contributed by atoms with Gasteiger partial charge in [0.2, 0.25) is 0 Å².